The highest BCUT2D eigenvalue weighted by atomic mass is 35.5. The SMILES string of the molecule is CC(OC(=O)Cn1cc(C(F)(F)F)cc(Cl)c1=O)C(=O)NC1CC1. The predicted octanol–water partition coefficient (Wildman–Crippen LogP) is 1.73. The number of esters is 1. The largest absolute Gasteiger partial charge is 0.451 e. The molecule has 1 unspecified atom stereocenters. The monoisotopic (exact) mass is 366 g/mol. The Balaban J connectivity index is 2.06. The molecule has 0 radical (unpaired) electrons. The summed E-state index contributed by atoms with van der Waals surface area (Å²) >= 11 is 5.48. The summed E-state index contributed by atoms with van der Waals surface area (Å²) in [5.74, 6) is -1.52. The van der Waals surface area contributed by atoms with E-state index in [1.807, 2.05) is 0 Å². The first-order chi connectivity index (χ1) is 11.1. The summed E-state index contributed by atoms with van der Waals surface area (Å²) in [6, 6.07) is 0.556. The van der Waals surface area contributed by atoms with Crippen LogP contribution < -0.4 is 10.9 Å². The molecule has 1 N–H and O–H groups in total. The van der Waals surface area contributed by atoms with E-state index in [9.17, 15) is 27.6 Å². The molecule has 1 aliphatic rings. The Morgan fingerprint density at radius 3 is 2.62 bits per heavy atom. The van der Waals surface area contributed by atoms with Crippen LogP contribution in [0.15, 0.2) is 17.1 Å². The van der Waals surface area contributed by atoms with Crippen molar-refractivity contribution >= 4 is 23.5 Å². The van der Waals surface area contributed by atoms with Crippen LogP contribution in [0, 0.1) is 0 Å². The molecule has 0 bridgehead atoms. The van der Waals surface area contributed by atoms with E-state index in [1.165, 1.54) is 6.92 Å². The second-order valence-corrected chi connectivity index (χ2v) is 5.83. The average Bonchev–Trinajstić information content (AvgIpc) is 3.26. The predicted molar refractivity (Wildman–Crippen MR) is 77.4 cm³/mol. The van der Waals surface area contributed by atoms with Gasteiger partial charge in [0.1, 0.15) is 11.6 Å². The van der Waals surface area contributed by atoms with Crippen molar-refractivity contribution in [3.63, 3.8) is 0 Å². The van der Waals surface area contributed by atoms with Crippen molar-refractivity contribution < 1.29 is 27.5 Å². The Hall–Kier alpha value is -2.03. The highest BCUT2D eigenvalue weighted by molar-refractivity contribution is 6.30. The fourth-order valence-electron chi connectivity index (χ4n) is 1.84. The lowest BCUT2D eigenvalue weighted by molar-refractivity contribution is -0.155. The molecule has 132 valence electrons. The number of ether oxygens (including phenoxy) is 1. The normalized spacial score (nSPS) is 15.7. The Morgan fingerprint density at radius 1 is 1.46 bits per heavy atom. The molecule has 0 aromatic carbocycles. The Bertz CT molecular complexity index is 713. The summed E-state index contributed by atoms with van der Waals surface area (Å²) in [7, 11) is 0. The maximum Gasteiger partial charge on any atom is 0.417 e. The summed E-state index contributed by atoms with van der Waals surface area (Å²) in [5.41, 5.74) is -2.13. The molecule has 0 spiro atoms. The number of hydrogen-bond acceptors (Lipinski definition) is 4. The lowest BCUT2D eigenvalue weighted by Gasteiger charge is -2.15. The van der Waals surface area contributed by atoms with Crippen LogP contribution in [-0.2, 0) is 27.0 Å². The summed E-state index contributed by atoms with van der Waals surface area (Å²) in [6.07, 6.45) is -3.66. The summed E-state index contributed by atoms with van der Waals surface area (Å²) in [6.45, 7) is 0.543. The zero-order valence-electron chi connectivity index (χ0n) is 12.5. The van der Waals surface area contributed by atoms with Crippen LogP contribution in [-0.4, -0.2) is 28.6 Å². The van der Waals surface area contributed by atoms with Gasteiger partial charge in [-0.25, -0.2) is 0 Å². The Labute approximate surface area is 139 Å². The molecule has 6 nitrogen and oxygen atoms in total. The number of amides is 1. The molecule has 1 aliphatic carbocycles. The quantitative estimate of drug-likeness (QED) is 0.805. The zero-order chi connectivity index (χ0) is 18.1. The van der Waals surface area contributed by atoms with Gasteiger partial charge in [0.25, 0.3) is 11.5 Å². The van der Waals surface area contributed by atoms with Gasteiger partial charge < -0.3 is 14.6 Å². The van der Waals surface area contributed by atoms with Crippen LogP contribution in [0.4, 0.5) is 13.2 Å². The molecule has 1 aromatic heterocycles. The van der Waals surface area contributed by atoms with Crippen molar-refractivity contribution in [3.05, 3.63) is 33.2 Å². The van der Waals surface area contributed by atoms with Gasteiger partial charge in [-0.1, -0.05) is 11.6 Å². The second kappa shape index (κ2) is 6.84. The zero-order valence-corrected chi connectivity index (χ0v) is 13.3. The smallest absolute Gasteiger partial charge is 0.417 e. The van der Waals surface area contributed by atoms with Crippen molar-refractivity contribution in [2.45, 2.75) is 44.6 Å². The van der Waals surface area contributed by atoms with Gasteiger partial charge in [-0.15, -0.1) is 0 Å². The number of aromatic nitrogens is 1. The minimum absolute atomic E-state index is 0.0727. The number of nitrogens with one attached hydrogen (secondary N) is 1. The van der Waals surface area contributed by atoms with Gasteiger partial charge in [-0.2, -0.15) is 13.2 Å². The number of pyridine rings is 1. The van der Waals surface area contributed by atoms with E-state index >= 15 is 0 Å². The summed E-state index contributed by atoms with van der Waals surface area (Å²) in [4.78, 5) is 35.2. The van der Waals surface area contributed by atoms with Crippen molar-refractivity contribution in [2.24, 2.45) is 0 Å². The average molecular weight is 367 g/mol. The standard InChI is InChI=1S/C14H14ClF3N2O4/c1-7(12(22)19-9-2-3-9)24-11(21)6-20-5-8(14(16,17)18)4-10(15)13(20)23/h4-5,7,9H,2-3,6H2,1H3,(H,19,22). The summed E-state index contributed by atoms with van der Waals surface area (Å²) < 4.78 is 43.5. The first kappa shape index (κ1) is 18.3. The molecule has 1 amide bonds. The van der Waals surface area contributed by atoms with E-state index in [-0.39, 0.29) is 6.04 Å². The van der Waals surface area contributed by atoms with E-state index in [1.54, 1.807) is 0 Å². The van der Waals surface area contributed by atoms with Crippen molar-refractivity contribution in [1.82, 2.24) is 9.88 Å². The second-order valence-electron chi connectivity index (χ2n) is 5.42. The molecule has 0 aliphatic heterocycles. The number of rotatable bonds is 5. The maximum atomic E-state index is 12.7. The lowest BCUT2D eigenvalue weighted by Crippen LogP contribution is -2.38. The van der Waals surface area contributed by atoms with Gasteiger partial charge in [0.15, 0.2) is 6.10 Å². The van der Waals surface area contributed by atoms with Crippen molar-refractivity contribution in [2.75, 3.05) is 0 Å². The van der Waals surface area contributed by atoms with Crippen molar-refractivity contribution in [3.8, 4) is 0 Å². The molecule has 1 atom stereocenters. The van der Waals surface area contributed by atoms with Gasteiger partial charge in [0.05, 0.1) is 5.56 Å². The fourth-order valence-corrected chi connectivity index (χ4v) is 2.07. The van der Waals surface area contributed by atoms with Gasteiger partial charge in [-0.3, -0.25) is 14.4 Å². The van der Waals surface area contributed by atoms with Crippen LogP contribution in [0.2, 0.25) is 5.02 Å². The topological polar surface area (TPSA) is 77.4 Å². The van der Waals surface area contributed by atoms with E-state index in [0.29, 0.717) is 16.8 Å². The van der Waals surface area contributed by atoms with Crippen LogP contribution in [0.5, 0.6) is 0 Å². The number of halogens is 4. The number of carbonyl (C=O) groups is 2. The van der Waals surface area contributed by atoms with Crippen LogP contribution in [0.3, 0.4) is 0 Å². The molecule has 24 heavy (non-hydrogen) atoms. The molecule has 1 heterocycles. The van der Waals surface area contributed by atoms with Gasteiger partial charge in [0.2, 0.25) is 0 Å². The number of nitrogens with zero attached hydrogens (tertiary/aromatic N) is 1. The Kier molecular flexibility index (Phi) is 5.22. The Morgan fingerprint density at radius 2 is 2.08 bits per heavy atom. The van der Waals surface area contributed by atoms with Crippen molar-refractivity contribution in [1.29, 1.82) is 0 Å². The van der Waals surface area contributed by atoms with Gasteiger partial charge in [0, 0.05) is 12.2 Å². The third-order valence-corrected chi connectivity index (χ3v) is 3.54. The van der Waals surface area contributed by atoms with Crippen LogP contribution in [0.25, 0.3) is 0 Å². The first-order valence-electron chi connectivity index (χ1n) is 7.05. The van der Waals surface area contributed by atoms with E-state index in [4.69, 9.17) is 16.3 Å². The fraction of sp³-hybridized carbons (Fsp3) is 0.500. The first-order valence-corrected chi connectivity index (χ1v) is 7.42. The molecule has 1 fully saturated rings. The molecule has 1 aromatic rings. The number of hydrogen-bond donors (Lipinski definition) is 1. The molecular weight excluding hydrogens is 353 g/mol. The minimum atomic E-state index is -4.72. The van der Waals surface area contributed by atoms with Gasteiger partial charge >= 0.3 is 12.1 Å². The highest BCUT2D eigenvalue weighted by Gasteiger charge is 2.32. The van der Waals surface area contributed by atoms with E-state index in [0.717, 1.165) is 12.8 Å². The number of alkyl halides is 3. The third-order valence-electron chi connectivity index (χ3n) is 3.27. The molecule has 2 rings (SSSR count). The van der Waals surface area contributed by atoms with Gasteiger partial charge in [-0.05, 0) is 25.8 Å². The third kappa shape index (κ3) is 4.73. The highest BCUT2D eigenvalue weighted by Crippen LogP contribution is 2.29. The van der Waals surface area contributed by atoms with E-state index in [2.05, 4.69) is 5.32 Å². The minimum Gasteiger partial charge on any atom is -0.451 e. The molecule has 1 saturated carbocycles. The molecule has 10 heteroatoms. The summed E-state index contributed by atoms with van der Waals surface area (Å²) in [5, 5.41) is 1.95. The van der Waals surface area contributed by atoms with E-state index < -0.39 is 46.8 Å². The van der Waals surface area contributed by atoms with Crippen LogP contribution in [0.1, 0.15) is 25.3 Å². The maximum absolute atomic E-state index is 12.7. The molecular formula is C14H14ClF3N2O4. The van der Waals surface area contributed by atoms with Crippen LogP contribution >= 0.6 is 11.6 Å². The number of carbonyl (C=O) groups excluding carboxylic acids is 2. The lowest BCUT2D eigenvalue weighted by atomic mass is 10.2. The molecule has 0 saturated heterocycles.